The molecule has 1 saturated heterocycles. The van der Waals surface area contributed by atoms with Crippen molar-refractivity contribution < 1.29 is 4.79 Å². The highest BCUT2D eigenvalue weighted by molar-refractivity contribution is 8.26. The summed E-state index contributed by atoms with van der Waals surface area (Å²) in [5.41, 5.74) is 2.22. The molecule has 0 radical (unpaired) electrons. The molecule has 6 heteroatoms. The number of rotatable bonds is 6. The normalized spacial score (nSPS) is 16.8. The SMILES string of the molecule is CCN(CC)CCN1C(=O)/C(=C/c2cn(C)c3ccccc23)SC1=S. The highest BCUT2D eigenvalue weighted by atomic mass is 32.2. The Bertz CT molecular complexity index is 836. The Labute approximate surface area is 158 Å². The second-order valence-corrected chi connectivity index (χ2v) is 7.75. The van der Waals surface area contributed by atoms with Crippen LogP contribution in [0.15, 0.2) is 35.4 Å². The Morgan fingerprint density at radius 2 is 1.96 bits per heavy atom. The number of nitrogens with zero attached hydrogens (tertiary/aromatic N) is 3. The highest BCUT2D eigenvalue weighted by Gasteiger charge is 2.32. The van der Waals surface area contributed by atoms with E-state index in [1.807, 2.05) is 25.3 Å². The molecule has 1 aromatic carbocycles. The molecule has 2 aromatic rings. The summed E-state index contributed by atoms with van der Waals surface area (Å²) in [6.45, 7) is 7.73. The van der Waals surface area contributed by atoms with Crippen LogP contribution in [0.4, 0.5) is 0 Å². The quantitative estimate of drug-likeness (QED) is 0.570. The average molecular weight is 374 g/mol. The number of thioether (sulfide) groups is 1. The minimum absolute atomic E-state index is 0.0232. The molecule has 4 nitrogen and oxygen atoms in total. The van der Waals surface area contributed by atoms with Crippen molar-refractivity contribution >= 4 is 51.2 Å². The molecule has 0 saturated carbocycles. The fraction of sp³-hybridized carbons (Fsp3) is 0.368. The standard InChI is InChI=1S/C19H23N3OS2/c1-4-21(5-2)10-11-22-18(23)17(25-19(22)24)12-14-13-20(3)16-9-7-6-8-15(14)16/h6-9,12-13H,4-5,10-11H2,1-3H3/b17-12-. The Kier molecular flexibility index (Phi) is 5.61. The van der Waals surface area contributed by atoms with Gasteiger partial charge in [0, 0.05) is 42.8 Å². The first-order valence-corrected chi connectivity index (χ1v) is 9.79. The molecule has 0 aliphatic carbocycles. The number of hydrogen-bond donors (Lipinski definition) is 0. The van der Waals surface area contributed by atoms with Crippen LogP contribution in [0.5, 0.6) is 0 Å². The minimum Gasteiger partial charge on any atom is -0.350 e. The van der Waals surface area contributed by atoms with Gasteiger partial charge in [-0.2, -0.15) is 0 Å². The van der Waals surface area contributed by atoms with Crippen LogP contribution >= 0.6 is 24.0 Å². The van der Waals surface area contributed by atoms with E-state index in [2.05, 4.69) is 41.6 Å². The van der Waals surface area contributed by atoms with Crippen LogP contribution in [0, 0.1) is 0 Å². The van der Waals surface area contributed by atoms with Crippen LogP contribution in [0.25, 0.3) is 17.0 Å². The number of amides is 1. The molecule has 0 spiro atoms. The molecule has 0 bridgehead atoms. The predicted octanol–water partition coefficient (Wildman–Crippen LogP) is 3.72. The highest BCUT2D eigenvalue weighted by Crippen LogP contribution is 2.34. The van der Waals surface area contributed by atoms with E-state index in [1.165, 1.54) is 11.8 Å². The van der Waals surface area contributed by atoms with Gasteiger partial charge < -0.3 is 9.47 Å². The van der Waals surface area contributed by atoms with Crippen LogP contribution in [0.1, 0.15) is 19.4 Å². The lowest BCUT2D eigenvalue weighted by molar-refractivity contribution is -0.122. The zero-order valence-electron chi connectivity index (χ0n) is 14.9. The molecule has 1 aromatic heterocycles. The lowest BCUT2D eigenvalue weighted by Gasteiger charge is -2.21. The molecule has 2 heterocycles. The molecule has 1 aliphatic heterocycles. The monoisotopic (exact) mass is 373 g/mol. The van der Waals surface area contributed by atoms with E-state index in [-0.39, 0.29) is 5.91 Å². The van der Waals surface area contributed by atoms with E-state index in [0.29, 0.717) is 15.8 Å². The first-order valence-electron chi connectivity index (χ1n) is 8.57. The molecule has 1 amide bonds. The number of aromatic nitrogens is 1. The molecule has 132 valence electrons. The largest absolute Gasteiger partial charge is 0.350 e. The first kappa shape index (κ1) is 18.2. The molecule has 3 rings (SSSR count). The second-order valence-electron chi connectivity index (χ2n) is 6.07. The molecule has 0 atom stereocenters. The summed E-state index contributed by atoms with van der Waals surface area (Å²) in [6, 6.07) is 8.22. The molecule has 0 unspecified atom stereocenters. The van der Waals surface area contributed by atoms with Gasteiger partial charge in [0.1, 0.15) is 4.32 Å². The number of fused-ring (bicyclic) bond motifs is 1. The zero-order valence-corrected chi connectivity index (χ0v) is 16.5. The zero-order chi connectivity index (χ0) is 18.0. The number of aryl methyl sites for hydroxylation is 1. The summed E-state index contributed by atoms with van der Waals surface area (Å²) >= 11 is 6.84. The Hall–Kier alpha value is -1.63. The molecular weight excluding hydrogens is 350 g/mol. The molecular formula is C19H23N3OS2. The second kappa shape index (κ2) is 7.72. The van der Waals surface area contributed by atoms with Crippen molar-refractivity contribution in [2.75, 3.05) is 26.2 Å². The lowest BCUT2D eigenvalue weighted by atomic mass is 10.1. The number of carbonyl (C=O) groups is 1. The third kappa shape index (κ3) is 3.66. The fourth-order valence-corrected chi connectivity index (χ4v) is 4.40. The third-order valence-corrected chi connectivity index (χ3v) is 6.00. The summed E-state index contributed by atoms with van der Waals surface area (Å²) < 4.78 is 2.74. The van der Waals surface area contributed by atoms with E-state index >= 15 is 0 Å². The molecule has 25 heavy (non-hydrogen) atoms. The predicted molar refractivity (Wildman–Crippen MR) is 111 cm³/mol. The lowest BCUT2D eigenvalue weighted by Crippen LogP contribution is -2.37. The van der Waals surface area contributed by atoms with Gasteiger partial charge in [0.15, 0.2) is 0 Å². The maximum atomic E-state index is 12.8. The number of benzene rings is 1. The number of para-hydroxylation sites is 1. The van der Waals surface area contributed by atoms with Crippen LogP contribution in [0.3, 0.4) is 0 Å². The number of hydrogen-bond acceptors (Lipinski definition) is 4. The topological polar surface area (TPSA) is 28.5 Å². The van der Waals surface area contributed by atoms with Gasteiger partial charge in [-0.25, -0.2) is 0 Å². The summed E-state index contributed by atoms with van der Waals surface area (Å²) in [6.07, 6.45) is 4.03. The maximum Gasteiger partial charge on any atom is 0.266 e. The van der Waals surface area contributed by atoms with E-state index in [1.54, 1.807) is 4.90 Å². The first-order chi connectivity index (χ1) is 12.0. The summed E-state index contributed by atoms with van der Waals surface area (Å²) in [5.74, 6) is 0.0232. The van der Waals surface area contributed by atoms with Gasteiger partial charge in [0.05, 0.1) is 4.91 Å². The summed E-state index contributed by atoms with van der Waals surface area (Å²) in [4.78, 5) is 17.5. The fourth-order valence-electron chi connectivity index (χ4n) is 3.10. The van der Waals surface area contributed by atoms with Gasteiger partial charge >= 0.3 is 0 Å². The number of carbonyl (C=O) groups excluding carboxylic acids is 1. The Morgan fingerprint density at radius 1 is 1.24 bits per heavy atom. The van der Waals surface area contributed by atoms with Crippen molar-refractivity contribution in [3.8, 4) is 0 Å². The Balaban J connectivity index is 1.82. The van der Waals surface area contributed by atoms with E-state index in [4.69, 9.17) is 12.2 Å². The van der Waals surface area contributed by atoms with Crippen molar-refractivity contribution in [2.24, 2.45) is 7.05 Å². The van der Waals surface area contributed by atoms with Crippen LogP contribution in [-0.4, -0.2) is 50.8 Å². The van der Waals surface area contributed by atoms with Gasteiger partial charge in [-0.1, -0.05) is 56.0 Å². The minimum atomic E-state index is 0.0232. The van der Waals surface area contributed by atoms with Crippen molar-refractivity contribution in [3.05, 3.63) is 40.9 Å². The smallest absolute Gasteiger partial charge is 0.266 e. The van der Waals surface area contributed by atoms with Crippen molar-refractivity contribution in [1.29, 1.82) is 0 Å². The van der Waals surface area contributed by atoms with Gasteiger partial charge in [-0.05, 0) is 25.2 Å². The van der Waals surface area contributed by atoms with Gasteiger partial charge in [0.2, 0.25) is 0 Å². The van der Waals surface area contributed by atoms with Gasteiger partial charge in [-0.15, -0.1) is 0 Å². The van der Waals surface area contributed by atoms with Gasteiger partial charge in [-0.3, -0.25) is 9.69 Å². The van der Waals surface area contributed by atoms with Crippen molar-refractivity contribution in [1.82, 2.24) is 14.4 Å². The summed E-state index contributed by atoms with van der Waals surface area (Å²) in [7, 11) is 2.02. The van der Waals surface area contributed by atoms with E-state index < -0.39 is 0 Å². The Morgan fingerprint density at radius 3 is 2.68 bits per heavy atom. The third-order valence-electron chi connectivity index (χ3n) is 4.62. The molecule has 1 aliphatic rings. The summed E-state index contributed by atoms with van der Waals surface area (Å²) in [5, 5.41) is 1.15. The van der Waals surface area contributed by atoms with Crippen LogP contribution < -0.4 is 0 Å². The van der Waals surface area contributed by atoms with Crippen molar-refractivity contribution in [3.63, 3.8) is 0 Å². The maximum absolute atomic E-state index is 12.8. The number of likely N-dealkylation sites (N-methyl/N-ethyl adjacent to an activating group) is 1. The van der Waals surface area contributed by atoms with Crippen molar-refractivity contribution in [2.45, 2.75) is 13.8 Å². The molecule has 0 N–H and O–H groups in total. The molecule has 1 fully saturated rings. The van der Waals surface area contributed by atoms with E-state index in [9.17, 15) is 4.79 Å². The van der Waals surface area contributed by atoms with Crippen LogP contribution in [-0.2, 0) is 11.8 Å². The van der Waals surface area contributed by atoms with Crippen LogP contribution in [0.2, 0.25) is 0 Å². The number of thiocarbonyl (C=S) groups is 1. The van der Waals surface area contributed by atoms with E-state index in [0.717, 1.165) is 36.1 Å². The van der Waals surface area contributed by atoms with Gasteiger partial charge in [0.25, 0.3) is 5.91 Å². The average Bonchev–Trinajstić information content (AvgIpc) is 3.07.